The highest BCUT2D eigenvalue weighted by atomic mass is 32.1. The summed E-state index contributed by atoms with van der Waals surface area (Å²) in [6.07, 6.45) is 3.10. The third-order valence-electron chi connectivity index (χ3n) is 3.73. The van der Waals surface area contributed by atoms with Crippen LogP contribution in [0.5, 0.6) is 0 Å². The molecule has 7 heteroatoms. The van der Waals surface area contributed by atoms with Crippen LogP contribution in [-0.2, 0) is 4.74 Å². The molecule has 0 aliphatic carbocycles. The van der Waals surface area contributed by atoms with Gasteiger partial charge in [-0.2, -0.15) is 0 Å². The highest BCUT2D eigenvalue weighted by Crippen LogP contribution is 2.31. The van der Waals surface area contributed by atoms with Crippen LogP contribution in [0.15, 0.2) is 30.7 Å². The third-order valence-corrected chi connectivity index (χ3v) is 4.68. The van der Waals surface area contributed by atoms with Crippen molar-refractivity contribution in [1.29, 1.82) is 0 Å². The normalized spacial score (nSPS) is 11.2. The minimum atomic E-state index is -0.384. The minimum absolute atomic E-state index is 0.318. The van der Waals surface area contributed by atoms with Gasteiger partial charge in [-0.05, 0) is 26.0 Å². The van der Waals surface area contributed by atoms with Gasteiger partial charge in [0.05, 0.1) is 38.5 Å². The van der Waals surface area contributed by atoms with Crippen LogP contribution in [0.1, 0.15) is 22.3 Å². The highest BCUT2D eigenvalue weighted by Gasteiger charge is 2.19. The summed E-state index contributed by atoms with van der Waals surface area (Å²) in [6, 6.07) is 6.01. The summed E-state index contributed by atoms with van der Waals surface area (Å²) in [5.74, 6) is -0.384. The fourth-order valence-electron chi connectivity index (χ4n) is 2.74. The van der Waals surface area contributed by atoms with E-state index in [1.807, 2.05) is 25.1 Å². The van der Waals surface area contributed by atoms with E-state index in [0.29, 0.717) is 28.9 Å². The van der Waals surface area contributed by atoms with Gasteiger partial charge >= 0.3 is 5.97 Å². The third kappa shape index (κ3) is 2.33. The SMILES string of the molecule is CCOC(=O)c1c[nH]c2ncnc(-c3ccc4sc(C)nc4c3)c12. The number of hydrogen-bond donors (Lipinski definition) is 1. The summed E-state index contributed by atoms with van der Waals surface area (Å²) in [4.78, 5) is 28.4. The van der Waals surface area contributed by atoms with Crippen molar-refractivity contribution in [2.24, 2.45) is 0 Å². The molecule has 1 aromatic carbocycles. The Kier molecular flexibility index (Phi) is 3.50. The maximum Gasteiger partial charge on any atom is 0.340 e. The van der Waals surface area contributed by atoms with Crippen molar-refractivity contribution in [2.75, 3.05) is 6.61 Å². The first-order valence-electron chi connectivity index (χ1n) is 7.54. The number of carbonyl (C=O) groups is 1. The average Bonchev–Trinajstić information content (AvgIpc) is 3.16. The fraction of sp³-hybridized carbons (Fsp3) is 0.176. The summed E-state index contributed by atoms with van der Waals surface area (Å²) in [5.41, 5.74) is 3.56. The number of aromatic amines is 1. The number of nitrogens with zero attached hydrogens (tertiary/aromatic N) is 3. The molecule has 120 valence electrons. The first-order chi connectivity index (χ1) is 11.7. The molecule has 1 N–H and O–H groups in total. The topological polar surface area (TPSA) is 80.8 Å². The molecule has 0 fully saturated rings. The summed E-state index contributed by atoms with van der Waals surface area (Å²) >= 11 is 1.65. The van der Waals surface area contributed by atoms with Gasteiger partial charge in [0, 0.05) is 11.8 Å². The lowest BCUT2D eigenvalue weighted by Crippen LogP contribution is -2.04. The van der Waals surface area contributed by atoms with Gasteiger partial charge in [0.15, 0.2) is 0 Å². The molecule has 0 radical (unpaired) electrons. The number of carbonyl (C=O) groups excluding carboxylic acids is 1. The molecule has 0 atom stereocenters. The van der Waals surface area contributed by atoms with Crippen LogP contribution in [-0.4, -0.2) is 32.5 Å². The summed E-state index contributed by atoms with van der Waals surface area (Å²) in [6.45, 7) is 4.08. The van der Waals surface area contributed by atoms with Crippen molar-refractivity contribution in [3.8, 4) is 11.3 Å². The molecule has 24 heavy (non-hydrogen) atoms. The summed E-state index contributed by atoms with van der Waals surface area (Å²) in [5, 5.41) is 1.69. The lowest BCUT2D eigenvalue weighted by atomic mass is 10.1. The first kappa shape index (κ1) is 14.8. The maximum absolute atomic E-state index is 12.2. The molecule has 0 aliphatic heterocycles. The number of aromatic nitrogens is 4. The molecular formula is C17H14N4O2S. The Morgan fingerprint density at radius 1 is 1.33 bits per heavy atom. The van der Waals surface area contributed by atoms with E-state index in [1.54, 1.807) is 24.5 Å². The Labute approximate surface area is 141 Å². The van der Waals surface area contributed by atoms with E-state index in [4.69, 9.17) is 4.74 Å². The highest BCUT2D eigenvalue weighted by molar-refractivity contribution is 7.18. The van der Waals surface area contributed by atoms with Crippen LogP contribution in [0.25, 0.3) is 32.5 Å². The Balaban J connectivity index is 1.94. The molecular weight excluding hydrogens is 324 g/mol. The Hall–Kier alpha value is -2.80. The molecule has 0 bridgehead atoms. The standard InChI is InChI=1S/C17H14N4O2S/c1-3-23-17(22)11-7-18-16-14(11)15(19-8-20-16)10-4-5-13-12(6-10)21-9(2)24-13/h4-8H,3H2,1-2H3,(H,18,19,20). The van der Waals surface area contributed by atoms with Gasteiger partial charge in [-0.25, -0.2) is 19.7 Å². The number of fused-ring (bicyclic) bond motifs is 2. The molecule has 0 spiro atoms. The van der Waals surface area contributed by atoms with E-state index in [9.17, 15) is 4.79 Å². The molecule has 4 aromatic rings. The smallest absolute Gasteiger partial charge is 0.340 e. The number of hydrogen-bond acceptors (Lipinski definition) is 6. The second-order valence-corrected chi connectivity index (χ2v) is 6.52. The predicted molar refractivity (Wildman–Crippen MR) is 93.2 cm³/mol. The zero-order chi connectivity index (χ0) is 16.7. The first-order valence-corrected chi connectivity index (χ1v) is 8.35. The largest absolute Gasteiger partial charge is 0.462 e. The van der Waals surface area contributed by atoms with Crippen molar-refractivity contribution in [3.63, 3.8) is 0 Å². The number of ether oxygens (including phenoxy) is 1. The lowest BCUT2D eigenvalue weighted by Gasteiger charge is -2.05. The molecule has 0 saturated carbocycles. The van der Waals surface area contributed by atoms with Crippen molar-refractivity contribution in [1.82, 2.24) is 19.9 Å². The number of esters is 1. The minimum Gasteiger partial charge on any atom is -0.462 e. The second kappa shape index (κ2) is 5.68. The Morgan fingerprint density at radius 3 is 3.04 bits per heavy atom. The van der Waals surface area contributed by atoms with Crippen LogP contribution in [0.3, 0.4) is 0 Å². The van der Waals surface area contributed by atoms with Gasteiger partial charge in [-0.15, -0.1) is 11.3 Å². The zero-order valence-electron chi connectivity index (χ0n) is 13.2. The van der Waals surface area contributed by atoms with E-state index in [0.717, 1.165) is 20.8 Å². The molecule has 0 amide bonds. The van der Waals surface area contributed by atoms with E-state index in [-0.39, 0.29) is 5.97 Å². The van der Waals surface area contributed by atoms with E-state index in [1.165, 1.54) is 6.33 Å². The van der Waals surface area contributed by atoms with Gasteiger partial charge in [0.25, 0.3) is 0 Å². The van der Waals surface area contributed by atoms with Crippen LogP contribution in [0, 0.1) is 6.92 Å². The molecule has 0 aliphatic rings. The molecule has 6 nitrogen and oxygen atoms in total. The van der Waals surface area contributed by atoms with E-state index < -0.39 is 0 Å². The summed E-state index contributed by atoms with van der Waals surface area (Å²) in [7, 11) is 0. The molecule has 4 rings (SSSR count). The van der Waals surface area contributed by atoms with Gasteiger partial charge in [0.1, 0.15) is 12.0 Å². The monoisotopic (exact) mass is 338 g/mol. The van der Waals surface area contributed by atoms with Crippen molar-refractivity contribution >= 4 is 38.6 Å². The number of nitrogens with one attached hydrogen (secondary N) is 1. The quantitative estimate of drug-likeness (QED) is 0.576. The van der Waals surface area contributed by atoms with Crippen molar-refractivity contribution in [3.05, 3.63) is 41.3 Å². The van der Waals surface area contributed by atoms with Crippen LogP contribution in [0.4, 0.5) is 0 Å². The second-order valence-electron chi connectivity index (χ2n) is 5.28. The molecule has 0 saturated heterocycles. The number of thiazole rings is 1. The van der Waals surface area contributed by atoms with Gasteiger partial charge in [-0.3, -0.25) is 0 Å². The number of rotatable bonds is 3. The van der Waals surface area contributed by atoms with Gasteiger partial charge < -0.3 is 9.72 Å². The average molecular weight is 338 g/mol. The Morgan fingerprint density at radius 2 is 2.21 bits per heavy atom. The summed E-state index contributed by atoms with van der Waals surface area (Å²) < 4.78 is 6.26. The number of benzene rings is 1. The van der Waals surface area contributed by atoms with Gasteiger partial charge in [-0.1, -0.05) is 6.07 Å². The van der Waals surface area contributed by atoms with Gasteiger partial charge in [0.2, 0.25) is 0 Å². The predicted octanol–water partition coefficient (Wildman–Crippen LogP) is 3.72. The molecule has 3 aromatic heterocycles. The number of H-pyrrole nitrogens is 1. The van der Waals surface area contributed by atoms with Crippen LogP contribution in [0.2, 0.25) is 0 Å². The van der Waals surface area contributed by atoms with Crippen LogP contribution < -0.4 is 0 Å². The van der Waals surface area contributed by atoms with Crippen molar-refractivity contribution < 1.29 is 9.53 Å². The fourth-order valence-corrected chi connectivity index (χ4v) is 3.55. The van der Waals surface area contributed by atoms with Crippen molar-refractivity contribution in [2.45, 2.75) is 13.8 Å². The number of aryl methyl sites for hydroxylation is 1. The lowest BCUT2D eigenvalue weighted by molar-refractivity contribution is 0.0528. The zero-order valence-corrected chi connectivity index (χ0v) is 14.0. The van der Waals surface area contributed by atoms with Crippen LogP contribution >= 0.6 is 11.3 Å². The molecule has 0 unspecified atom stereocenters. The Bertz CT molecular complexity index is 1070. The maximum atomic E-state index is 12.2. The van der Waals surface area contributed by atoms with E-state index >= 15 is 0 Å². The molecule has 3 heterocycles. The van der Waals surface area contributed by atoms with E-state index in [2.05, 4.69) is 19.9 Å².